The quantitative estimate of drug-likeness (QED) is 0.673. The number of nitrogens with zero attached hydrogens (tertiary/aromatic N) is 1. The molecular weight excluding hydrogens is 306 g/mol. The second kappa shape index (κ2) is 10.2. The first-order chi connectivity index (χ1) is 9.97. The Hall–Kier alpha value is -1.63. The van der Waals surface area contributed by atoms with E-state index < -0.39 is 6.10 Å². The van der Waals surface area contributed by atoms with E-state index in [0.29, 0.717) is 6.54 Å². The summed E-state index contributed by atoms with van der Waals surface area (Å²) in [6, 6.07) is 7.51. The summed E-state index contributed by atoms with van der Waals surface area (Å²) >= 11 is 0. The average Bonchev–Trinajstić information content (AvgIpc) is 2.50. The number of halogens is 1. The number of nitrogens with one attached hydrogen (secondary N) is 1. The zero-order chi connectivity index (χ0) is 15.8. The van der Waals surface area contributed by atoms with Crippen molar-refractivity contribution in [3.8, 4) is 0 Å². The highest BCUT2D eigenvalue weighted by atomic mass is 35.5. The van der Waals surface area contributed by atoms with Gasteiger partial charge < -0.3 is 21.1 Å². The minimum absolute atomic E-state index is 0. The Morgan fingerprint density at radius 3 is 2.41 bits per heavy atom. The smallest absolute Gasteiger partial charge is 0.242 e. The molecule has 0 aromatic heterocycles. The Morgan fingerprint density at radius 1 is 1.32 bits per heavy atom. The monoisotopic (exact) mass is 329 g/mol. The van der Waals surface area contributed by atoms with Crippen LogP contribution < -0.4 is 11.1 Å². The molecule has 1 atom stereocenters. The molecule has 0 saturated heterocycles. The fraction of sp³-hybridized carbons (Fsp3) is 0.467. The fourth-order valence-corrected chi connectivity index (χ4v) is 1.87. The standard InChI is InChI=1S/C15H23N3O3.ClH/c1-3-18(15(21)9-17-14(20)8-16)10-13(19)12-6-4-11(2)5-7-12;/h4-7,13,19H,3,8-10,16H2,1-2H3,(H,17,20);1H. The van der Waals surface area contributed by atoms with Gasteiger partial charge in [0.15, 0.2) is 0 Å². The number of likely N-dealkylation sites (N-methyl/N-ethyl adjacent to an activating group) is 1. The topological polar surface area (TPSA) is 95.7 Å². The predicted molar refractivity (Wildman–Crippen MR) is 87.7 cm³/mol. The zero-order valence-electron chi connectivity index (χ0n) is 12.9. The molecule has 0 aliphatic rings. The van der Waals surface area contributed by atoms with E-state index in [-0.39, 0.29) is 43.9 Å². The van der Waals surface area contributed by atoms with Crippen molar-refractivity contribution in [2.75, 3.05) is 26.2 Å². The lowest BCUT2D eigenvalue weighted by Crippen LogP contribution is -2.43. The predicted octanol–water partition coefficient (Wildman–Crippen LogP) is 0.374. The van der Waals surface area contributed by atoms with E-state index in [4.69, 9.17) is 5.73 Å². The molecule has 0 bridgehead atoms. The Labute approximate surface area is 137 Å². The molecule has 0 saturated carbocycles. The third-order valence-electron chi connectivity index (χ3n) is 3.21. The second-order valence-electron chi connectivity index (χ2n) is 4.84. The van der Waals surface area contributed by atoms with Gasteiger partial charge >= 0.3 is 0 Å². The first-order valence-electron chi connectivity index (χ1n) is 6.97. The SMILES string of the molecule is CCN(CC(O)c1ccc(C)cc1)C(=O)CNC(=O)CN.Cl. The van der Waals surface area contributed by atoms with E-state index in [1.807, 2.05) is 38.1 Å². The lowest BCUT2D eigenvalue weighted by atomic mass is 10.1. The van der Waals surface area contributed by atoms with Gasteiger partial charge in [-0.1, -0.05) is 29.8 Å². The number of rotatable bonds is 7. The molecule has 1 unspecified atom stereocenters. The van der Waals surface area contributed by atoms with Crippen molar-refractivity contribution in [1.29, 1.82) is 0 Å². The molecule has 6 nitrogen and oxygen atoms in total. The van der Waals surface area contributed by atoms with E-state index in [9.17, 15) is 14.7 Å². The molecule has 1 aromatic rings. The number of aliphatic hydroxyl groups is 1. The minimum atomic E-state index is -0.750. The molecule has 0 aliphatic carbocycles. The Kier molecular flexibility index (Phi) is 9.40. The number of hydrogen-bond acceptors (Lipinski definition) is 4. The summed E-state index contributed by atoms with van der Waals surface area (Å²) in [4.78, 5) is 24.5. The van der Waals surface area contributed by atoms with Gasteiger partial charge in [0.05, 0.1) is 25.7 Å². The Balaban J connectivity index is 0.00000441. The van der Waals surface area contributed by atoms with Crippen LogP contribution in [-0.2, 0) is 9.59 Å². The van der Waals surface area contributed by atoms with Crippen molar-refractivity contribution in [3.63, 3.8) is 0 Å². The molecule has 7 heteroatoms. The molecule has 0 radical (unpaired) electrons. The first-order valence-corrected chi connectivity index (χ1v) is 6.97. The molecule has 4 N–H and O–H groups in total. The highest BCUT2D eigenvalue weighted by Gasteiger charge is 2.17. The number of nitrogens with two attached hydrogens (primary N) is 1. The summed E-state index contributed by atoms with van der Waals surface area (Å²) in [5.74, 6) is -0.621. The molecule has 1 aromatic carbocycles. The molecule has 2 amide bonds. The van der Waals surface area contributed by atoms with Gasteiger partial charge in [-0.05, 0) is 19.4 Å². The van der Waals surface area contributed by atoms with Gasteiger partial charge in [0.2, 0.25) is 11.8 Å². The van der Waals surface area contributed by atoms with Crippen molar-refractivity contribution in [3.05, 3.63) is 35.4 Å². The maximum absolute atomic E-state index is 12.0. The van der Waals surface area contributed by atoms with Gasteiger partial charge in [-0.15, -0.1) is 12.4 Å². The van der Waals surface area contributed by atoms with Crippen molar-refractivity contribution in [2.45, 2.75) is 20.0 Å². The third-order valence-corrected chi connectivity index (χ3v) is 3.21. The van der Waals surface area contributed by atoms with Crippen LogP contribution in [0.15, 0.2) is 24.3 Å². The van der Waals surface area contributed by atoms with E-state index in [0.717, 1.165) is 11.1 Å². The highest BCUT2D eigenvalue weighted by Crippen LogP contribution is 2.15. The highest BCUT2D eigenvalue weighted by molar-refractivity contribution is 5.85. The molecular formula is C15H24ClN3O3. The van der Waals surface area contributed by atoms with Gasteiger partial charge in [0, 0.05) is 6.54 Å². The fourth-order valence-electron chi connectivity index (χ4n) is 1.87. The molecule has 1 rings (SSSR count). The second-order valence-corrected chi connectivity index (χ2v) is 4.84. The van der Waals surface area contributed by atoms with E-state index in [1.165, 1.54) is 4.90 Å². The number of aryl methyl sites for hydroxylation is 1. The summed E-state index contributed by atoms with van der Waals surface area (Å²) in [6.45, 7) is 4.19. The molecule has 0 aliphatic heterocycles. The van der Waals surface area contributed by atoms with Crippen LogP contribution in [0.1, 0.15) is 24.2 Å². The van der Waals surface area contributed by atoms with Crippen molar-refractivity contribution < 1.29 is 14.7 Å². The van der Waals surface area contributed by atoms with Gasteiger partial charge in [-0.3, -0.25) is 9.59 Å². The van der Waals surface area contributed by atoms with E-state index >= 15 is 0 Å². The van der Waals surface area contributed by atoms with Gasteiger partial charge in [0.1, 0.15) is 0 Å². The van der Waals surface area contributed by atoms with Crippen LogP contribution in [0, 0.1) is 6.92 Å². The van der Waals surface area contributed by atoms with Crippen LogP contribution in [0.5, 0.6) is 0 Å². The van der Waals surface area contributed by atoms with Crippen LogP contribution in [0.25, 0.3) is 0 Å². The Bertz CT molecular complexity index is 479. The minimum Gasteiger partial charge on any atom is -0.387 e. The maximum atomic E-state index is 12.0. The summed E-state index contributed by atoms with van der Waals surface area (Å²) in [6.07, 6.45) is -0.750. The lowest BCUT2D eigenvalue weighted by Gasteiger charge is -2.24. The van der Waals surface area contributed by atoms with E-state index in [2.05, 4.69) is 5.32 Å². The molecule has 0 fully saturated rings. The largest absolute Gasteiger partial charge is 0.387 e. The summed E-state index contributed by atoms with van der Waals surface area (Å²) < 4.78 is 0. The van der Waals surface area contributed by atoms with Crippen LogP contribution in [0.4, 0.5) is 0 Å². The average molecular weight is 330 g/mol. The van der Waals surface area contributed by atoms with Crippen LogP contribution in [0.3, 0.4) is 0 Å². The summed E-state index contributed by atoms with van der Waals surface area (Å²) in [5.41, 5.74) is 7.03. The zero-order valence-corrected chi connectivity index (χ0v) is 13.7. The maximum Gasteiger partial charge on any atom is 0.242 e. The van der Waals surface area contributed by atoms with Crippen LogP contribution in [-0.4, -0.2) is 48.0 Å². The van der Waals surface area contributed by atoms with Gasteiger partial charge in [-0.25, -0.2) is 0 Å². The lowest BCUT2D eigenvalue weighted by molar-refractivity contribution is -0.133. The number of carbonyl (C=O) groups excluding carboxylic acids is 2. The van der Waals surface area contributed by atoms with Crippen LogP contribution in [0.2, 0.25) is 0 Å². The van der Waals surface area contributed by atoms with Crippen molar-refractivity contribution in [1.82, 2.24) is 10.2 Å². The molecule has 22 heavy (non-hydrogen) atoms. The molecule has 0 heterocycles. The Morgan fingerprint density at radius 2 is 1.91 bits per heavy atom. The van der Waals surface area contributed by atoms with E-state index in [1.54, 1.807) is 0 Å². The number of aliphatic hydroxyl groups excluding tert-OH is 1. The molecule has 0 spiro atoms. The number of hydrogen-bond donors (Lipinski definition) is 3. The number of carbonyl (C=O) groups is 2. The van der Waals surface area contributed by atoms with Crippen molar-refractivity contribution in [2.24, 2.45) is 5.73 Å². The van der Waals surface area contributed by atoms with Gasteiger partial charge in [0.25, 0.3) is 0 Å². The summed E-state index contributed by atoms with van der Waals surface area (Å²) in [7, 11) is 0. The third kappa shape index (κ3) is 6.43. The van der Waals surface area contributed by atoms with Crippen molar-refractivity contribution >= 4 is 24.2 Å². The number of benzene rings is 1. The molecule has 124 valence electrons. The number of amides is 2. The normalized spacial score (nSPS) is 11.3. The first kappa shape index (κ1) is 20.4. The van der Waals surface area contributed by atoms with Gasteiger partial charge in [-0.2, -0.15) is 0 Å². The van der Waals surface area contributed by atoms with Crippen LogP contribution >= 0.6 is 12.4 Å². The summed E-state index contributed by atoms with van der Waals surface area (Å²) in [5, 5.41) is 12.6.